The van der Waals surface area contributed by atoms with Crippen molar-refractivity contribution in [3.8, 4) is 22.9 Å². The van der Waals surface area contributed by atoms with Gasteiger partial charge >= 0.3 is 0 Å². The fourth-order valence-corrected chi connectivity index (χ4v) is 4.98. The average Bonchev–Trinajstić information content (AvgIpc) is 3.34. The second kappa shape index (κ2) is 10.7. The molecule has 4 aromatic rings. The molecule has 0 spiro atoms. The first-order chi connectivity index (χ1) is 19.4. The second-order valence-corrected chi connectivity index (χ2v) is 11.5. The zero-order valence-electron chi connectivity index (χ0n) is 23.6. The first kappa shape index (κ1) is 27.9. The van der Waals surface area contributed by atoms with Crippen LogP contribution in [0.1, 0.15) is 55.2 Å². The number of aromatic nitrogens is 4. The van der Waals surface area contributed by atoms with Crippen molar-refractivity contribution >= 4 is 17.2 Å². The monoisotopic (exact) mass is 555 g/mol. The molecule has 1 saturated heterocycles. The average molecular weight is 556 g/mol. The minimum atomic E-state index is -1.01. The predicted molar refractivity (Wildman–Crippen MR) is 154 cm³/mol. The quantitative estimate of drug-likeness (QED) is 0.315. The van der Waals surface area contributed by atoms with Gasteiger partial charge in [0.1, 0.15) is 24.2 Å². The number of fused-ring (bicyclic) bond motifs is 1. The van der Waals surface area contributed by atoms with E-state index >= 15 is 0 Å². The van der Waals surface area contributed by atoms with Crippen molar-refractivity contribution in [3.63, 3.8) is 0 Å². The predicted octanol–water partition coefficient (Wildman–Crippen LogP) is 3.20. The van der Waals surface area contributed by atoms with Crippen LogP contribution in [0.5, 0.6) is 5.75 Å². The number of aromatic amines is 1. The van der Waals surface area contributed by atoms with Gasteiger partial charge in [-0.25, -0.2) is 9.50 Å². The number of piperidine rings is 1. The van der Waals surface area contributed by atoms with Gasteiger partial charge in [-0.15, -0.1) is 0 Å². The van der Waals surface area contributed by atoms with E-state index in [1.807, 2.05) is 25.1 Å². The third kappa shape index (κ3) is 6.23. The molecule has 4 aromatic heterocycles. The number of nitrogens with zero attached hydrogens (tertiary/aromatic N) is 5. The molecule has 11 nitrogen and oxygen atoms in total. The number of nitriles is 1. The number of rotatable bonds is 7. The van der Waals surface area contributed by atoms with Gasteiger partial charge in [0.2, 0.25) is 5.56 Å². The molecule has 1 fully saturated rings. The molecule has 5 heterocycles. The molecule has 0 aromatic carbocycles. The Morgan fingerprint density at radius 2 is 2.00 bits per heavy atom. The molecule has 1 amide bonds. The van der Waals surface area contributed by atoms with Crippen LogP contribution in [-0.2, 0) is 0 Å². The van der Waals surface area contributed by atoms with Crippen LogP contribution >= 0.6 is 0 Å². The Bertz CT molecular complexity index is 1690. The Labute approximate surface area is 237 Å². The number of nitrogens with one attached hydrogen (secondary N) is 2. The topological polar surface area (TPSA) is 149 Å². The SMILES string of the molecule is Cc1cc(C(=O)NC2(C)CCN(c3ccc(-c4cc(OCC(C)(C)O)cn5ncc(C#N)c45)cn3)CC2)cc(=O)[nH]1. The van der Waals surface area contributed by atoms with Crippen molar-refractivity contribution in [1.29, 1.82) is 5.26 Å². The molecule has 212 valence electrons. The van der Waals surface area contributed by atoms with E-state index in [-0.39, 0.29) is 18.1 Å². The molecule has 0 bridgehead atoms. The van der Waals surface area contributed by atoms with Crippen molar-refractivity contribution in [2.24, 2.45) is 0 Å². The number of carbonyl (C=O) groups excluding carboxylic acids is 1. The first-order valence-electron chi connectivity index (χ1n) is 13.4. The van der Waals surface area contributed by atoms with Crippen LogP contribution in [0.15, 0.2) is 53.7 Å². The van der Waals surface area contributed by atoms with E-state index in [0.29, 0.717) is 54.0 Å². The second-order valence-electron chi connectivity index (χ2n) is 11.5. The van der Waals surface area contributed by atoms with E-state index in [0.717, 1.165) is 16.9 Å². The highest BCUT2D eigenvalue weighted by molar-refractivity contribution is 5.94. The Morgan fingerprint density at radius 1 is 1.24 bits per heavy atom. The van der Waals surface area contributed by atoms with E-state index in [1.165, 1.54) is 12.3 Å². The third-order valence-corrected chi connectivity index (χ3v) is 7.21. The van der Waals surface area contributed by atoms with Crippen LogP contribution in [0.2, 0.25) is 0 Å². The Morgan fingerprint density at radius 3 is 2.63 bits per heavy atom. The summed E-state index contributed by atoms with van der Waals surface area (Å²) in [7, 11) is 0. The zero-order chi connectivity index (χ0) is 29.4. The van der Waals surface area contributed by atoms with E-state index in [1.54, 1.807) is 43.7 Å². The fraction of sp³-hybridized carbons (Fsp3) is 0.367. The maximum atomic E-state index is 12.8. The van der Waals surface area contributed by atoms with Gasteiger partial charge < -0.3 is 25.0 Å². The van der Waals surface area contributed by atoms with Gasteiger partial charge in [-0.2, -0.15) is 10.4 Å². The van der Waals surface area contributed by atoms with E-state index in [4.69, 9.17) is 9.72 Å². The number of aliphatic hydroxyl groups is 1. The summed E-state index contributed by atoms with van der Waals surface area (Å²) in [6.07, 6.45) is 6.40. The van der Waals surface area contributed by atoms with E-state index < -0.39 is 11.1 Å². The summed E-state index contributed by atoms with van der Waals surface area (Å²) >= 11 is 0. The number of anilines is 1. The van der Waals surface area contributed by atoms with Crippen LogP contribution < -0.4 is 20.5 Å². The zero-order valence-corrected chi connectivity index (χ0v) is 23.6. The highest BCUT2D eigenvalue weighted by Gasteiger charge is 2.32. The minimum Gasteiger partial charge on any atom is -0.489 e. The van der Waals surface area contributed by atoms with Crippen molar-refractivity contribution in [2.75, 3.05) is 24.6 Å². The number of hydrogen-bond donors (Lipinski definition) is 3. The van der Waals surface area contributed by atoms with E-state index in [2.05, 4.69) is 26.4 Å². The minimum absolute atomic E-state index is 0.0963. The lowest BCUT2D eigenvalue weighted by Gasteiger charge is -2.40. The molecule has 1 aliphatic rings. The van der Waals surface area contributed by atoms with Crippen molar-refractivity contribution in [2.45, 2.75) is 51.7 Å². The molecule has 1 aliphatic heterocycles. The molecular weight excluding hydrogens is 522 g/mol. The Balaban J connectivity index is 1.31. The molecule has 0 atom stereocenters. The first-order valence-corrected chi connectivity index (χ1v) is 13.4. The number of hydrogen-bond acceptors (Lipinski definition) is 8. The maximum Gasteiger partial charge on any atom is 0.251 e. The van der Waals surface area contributed by atoms with Crippen LogP contribution in [0.3, 0.4) is 0 Å². The number of H-pyrrole nitrogens is 1. The number of carbonyl (C=O) groups is 1. The van der Waals surface area contributed by atoms with E-state index in [9.17, 15) is 20.0 Å². The number of ether oxygens (including phenoxy) is 1. The van der Waals surface area contributed by atoms with Gasteiger partial charge in [-0.1, -0.05) is 0 Å². The van der Waals surface area contributed by atoms with Gasteiger partial charge in [0.15, 0.2) is 0 Å². The smallest absolute Gasteiger partial charge is 0.251 e. The highest BCUT2D eigenvalue weighted by atomic mass is 16.5. The summed E-state index contributed by atoms with van der Waals surface area (Å²) in [5.74, 6) is 1.07. The molecule has 0 aliphatic carbocycles. The lowest BCUT2D eigenvalue weighted by atomic mass is 9.89. The maximum absolute atomic E-state index is 12.8. The molecule has 0 unspecified atom stereocenters. The van der Waals surface area contributed by atoms with Gasteiger partial charge in [0.05, 0.1) is 29.1 Å². The van der Waals surface area contributed by atoms with Crippen LogP contribution in [0.4, 0.5) is 5.82 Å². The van der Waals surface area contributed by atoms with Gasteiger partial charge in [0, 0.05) is 53.3 Å². The number of amides is 1. The molecule has 11 heteroatoms. The molecule has 41 heavy (non-hydrogen) atoms. The number of aryl methyl sites for hydroxylation is 1. The van der Waals surface area contributed by atoms with Crippen LogP contribution in [0.25, 0.3) is 16.6 Å². The summed E-state index contributed by atoms with van der Waals surface area (Å²) in [5.41, 5.74) is 1.92. The van der Waals surface area contributed by atoms with Gasteiger partial charge in [-0.3, -0.25) is 9.59 Å². The Hall–Kier alpha value is -4.69. The standard InChI is InChI=1S/C30H33N7O4/c1-19-11-21(12-26(38)34-19)28(39)35-30(4)7-9-36(10-8-30)25-6-5-20(15-32-25)24-13-23(41-18-29(2,3)40)17-37-27(24)22(14-31)16-33-37/h5-6,11-13,15-17,40H,7-10,18H2,1-4H3,(H,34,38)(H,35,39). The molecule has 0 saturated carbocycles. The normalized spacial score (nSPS) is 15.0. The summed E-state index contributed by atoms with van der Waals surface area (Å²) < 4.78 is 7.43. The van der Waals surface area contributed by atoms with Crippen molar-refractivity contribution in [3.05, 3.63) is 76.1 Å². The highest BCUT2D eigenvalue weighted by Crippen LogP contribution is 2.32. The van der Waals surface area contributed by atoms with Crippen molar-refractivity contribution in [1.82, 2.24) is 24.9 Å². The lowest BCUT2D eigenvalue weighted by Crippen LogP contribution is -2.53. The molecule has 3 N–H and O–H groups in total. The van der Waals surface area contributed by atoms with Gasteiger partial charge in [0.25, 0.3) is 5.91 Å². The molecular formula is C30H33N7O4. The summed E-state index contributed by atoms with van der Waals surface area (Å²) in [5, 5.41) is 27.2. The fourth-order valence-electron chi connectivity index (χ4n) is 4.98. The lowest BCUT2D eigenvalue weighted by molar-refractivity contribution is 0.0283. The van der Waals surface area contributed by atoms with Crippen LogP contribution in [0, 0.1) is 18.3 Å². The summed E-state index contributed by atoms with van der Waals surface area (Å²) in [4.78, 5) is 34.2. The largest absolute Gasteiger partial charge is 0.489 e. The van der Waals surface area contributed by atoms with Crippen molar-refractivity contribution < 1.29 is 14.6 Å². The molecule has 0 radical (unpaired) electrons. The third-order valence-electron chi connectivity index (χ3n) is 7.21. The molecule has 5 rings (SSSR count). The Kier molecular flexibility index (Phi) is 7.28. The summed E-state index contributed by atoms with van der Waals surface area (Å²) in [6.45, 7) is 8.60. The summed E-state index contributed by atoms with van der Waals surface area (Å²) in [6, 6.07) is 10.9. The van der Waals surface area contributed by atoms with Crippen LogP contribution in [-0.4, -0.2) is 61.4 Å². The number of pyridine rings is 3. The van der Waals surface area contributed by atoms with Gasteiger partial charge in [-0.05, 0) is 64.8 Å².